The van der Waals surface area contributed by atoms with Crippen LogP contribution >= 0.6 is 0 Å². The van der Waals surface area contributed by atoms with Crippen molar-refractivity contribution in [3.05, 3.63) is 71.3 Å². The van der Waals surface area contributed by atoms with Crippen molar-refractivity contribution in [3.63, 3.8) is 0 Å². The van der Waals surface area contributed by atoms with Crippen LogP contribution in [0.3, 0.4) is 0 Å². The Labute approximate surface area is 127 Å². The van der Waals surface area contributed by atoms with Gasteiger partial charge in [0.2, 0.25) is 0 Å². The molecule has 0 saturated heterocycles. The van der Waals surface area contributed by atoms with Crippen molar-refractivity contribution < 1.29 is 4.79 Å². The molecular formula is C18H13N3O. The summed E-state index contributed by atoms with van der Waals surface area (Å²) in [6.07, 6.45) is -0.107. The highest BCUT2D eigenvalue weighted by Gasteiger charge is 2.39. The van der Waals surface area contributed by atoms with E-state index in [0.29, 0.717) is 6.54 Å². The van der Waals surface area contributed by atoms with E-state index in [4.69, 9.17) is 4.98 Å². The Hall–Kier alpha value is -2.88. The van der Waals surface area contributed by atoms with E-state index in [1.807, 2.05) is 47.4 Å². The van der Waals surface area contributed by atoms with Crippen molar-refractivity contribution in [1.82, 2.24) is 9.88 Å². The molecule has 4 heteroatoms. The average Bonchev–Trinajstić information content (AvgIpc) is 2.84. The van der Waals surface area contributed by atoms with Crippen molar-refractivity contribution in [1.29, 1.82) is 0 Å². The summed E-state index contributed by atoms with van der Waals surface area (Å²) < 4.78 is 0. The molecule has 3 heterocycles. The summed E-state index contributed by atoms with van der Waals surface area (Å²) in [5, 5.41) is 4.53. The fourth-order valence-corrected chi connectivity index (χ4v) is 3.41. The summed E-state index contributed by atoms with van der Waals surface area (Å²) in [6.45, 7) is 0.596. The second-order valence-electron chi connectivity index (χ2n) is 5.76. The fraction of sp³-hybridized carbons (Fsp3) is 0.111. The first-order chi connectivity index (χ1) is 10.8. The summed E-state index contributed by atoms with van der Waals surface area (Å²) in [5.41, 5.74) is 3.86. The summed E-state index contributed by atoms with van der Waals surface area (Å²) in [6, 6.07) is 18.0. The van der Waals surface area contributed by atoms with E-state index in [1.165, 1.54) is 0 Å². The molecule has 2 aliphatic rings. The maximum absolute atomic E-state index is 12.6. The Morgan fingerprint density at radius 1 is 1.09 bits per heavy atom. The summed E-state index contributed by atoms with van der Waals surface area (Å²) in [5.74, 6) is 0.969. The van der Waals surface area contributed by atoms with Gasteiger partial charge in [-0.05, 0) is 18.2 Å². The standard InChI is InChI=1S/C18H13N3O/c22-18-14-7-3-2-6-13(14)17-20-16-12(10-21(17)18)9-11-5-1-4-8-15(11)19-16/h1-9,17H,10H2,(H,19,20). The van der Waals surface area contributed by atoms with Crippen LogP contribution in [0.1, 0.15) is 27.7 Å². The van der Waals surface area contributed by atoms with E-state index in [1.54, 1.807) is 0 Å². The van der Waals surface area contributed by atoms with Gasteiger partial charge in [0, 0.05) is 22.1 Å². The first kappa shape index (κ1) is 11.7. The van der Waals surface area contributed by atoms with E-state index in [-0.39, 0.29) is 12.1 Å². The maximum atomic E-state index is 12.6. The van der Waals surface area contributed by atoms with Crippen LogP contribution in [0.15, 0.2) is 54.6 Å². The van der Waals surface area contributed by atoms with Gasteiger partial charge in [-0.2, -0.15) is 0 Å². The molecule has 0 bridgehead atoms. The number of anilines is 1. The van der Waals surface area contributed by atoms with Gasteiger partial charge in [0.05, 0.1) is 12.1 Å². The van der Waals surface area contributed by atoms with E-state index in [2.05, 4.69) is 17.4 Å². The molecule has 0 fully saturated rings. The average molecular weight is 287 g/mol. The lowest BCUT2D eigenvalue weighted by atomic mass is 10.1. The summed E-state index contributed by atoms with van der Waals surface area (Å²) >= 11 is 0. The molecule has 1 aromatic heterocycles. The van der Waals surface area contributed by atoms with Crippen molar-refractivity contribution in [2.24, 2.45) is 0 Å². The van der Waals surface area contributed by atoms with Gasteiger partial charge >= 0.3 is 0 Å². The number of fused-ring (bicyclic) bond motifs is 5. The Morgan fingerprint density at radius 2 is 1.91 bits per heavy atom. The fourth-order valence-electron chi connectivity index (χ4n) is 3.41. The third-order valence-corrected chi connectivity index (χ3v) is 4.48. The molecule has 0 aliphatic carbocycles. The Kier molecular flexibility index (Phi) is 2.17. The van der Waals surface area contributed by atoms with Gasteiger partial charge in [0.15, 0.2) is 0 Å². The first-order valence-corrected chi connectivity index (χ1v) is 7.36. The minimum atomic E-state index is -0.107. The van der Waals surface area contributed by atoms with E-state index >= 15 is 0 Å². The van der Waals surface area contributed by atoms with Crippen molar-refractivity contribution >= 4 is 22.6 Å². The zero-order valence-electron chi connectivity index (χ0n) is 11.8. The largest absolute Gasteiger partial charge is 0.346 e. The Balaban J connectivity index is 1.67. The zero-order valence-corrected chi connectivity index (χ0v) is 11.8. The molecule has 1 amide bonds. The number of nitrogens with zero attached hydrogens (tertiary/aromatic N) is 2. The van der Waals surface area contributed by atoms with Gasteiger partial charge in [-0.15, -0.1) is 0 Å². The van der Waals surface area contributed by atoms with Crippen LogP contribution in [0.4, 0.5) is 5.82 Å². The number of benzene rings is 2. The van der Waals surface area contributed by atoms with Crippen LogP contribution < -0.4 is 5.32 Å². The van der Waals surface area contributed by atoms with Crippen LogP contribution in [-0.2, 0) is 6.54 Å². The number of hydrogen-bond donors (Lipinski definition) is 1. The molecule has 0 saturated carbocycles. The van der Waals surface area contributed by atoms with Gasteiger partial charge in [-0.3, -0.25) is 4.79 Å². The van der Waals surface area contributed by atoms with E-state index in [9.17, 15) is 4.79 Å². The van der Waals surface area contributed by atoms with Gasteiger partial charge in [-0.1, -0.05) is 36.4 Å². The second-order valence-corrected chi connectivity index (χ2v) is 5.76. The molecule has 1 N–H and O–H groups in total. The predicted molar refractivity (Wildman–Crippen MR) is 84.4 cm³/mol. The van der Waals surface area contributed by atoms with Crippen molar-refractivity contribution in [2.75, 3.05) is 5.32 Å². The van der Waals surface area contributed by atoms with Crippen LogP contribution in [0.2, 0.25) is 0 Å². The van der Waals surface area contributed by atoms with E-state index in [0.717, 1.165) is 33.4 Å². The molecule has 106 valence electrons. The zero-order chi connectivity index (χ0) is 14.7. The topological polar surface area (TPSA) is 45.2 Å². The Morgan fingerprint density at radius 3 is 2.86 bits per heavy atom. The van der Waals surface area contributed by atoms with Crippen molar-refractivity contribution in [3.8, 4) is 0 Å². The number of aromatic nitrogens is 1. The number of hydrogen-bond acceptors (Lipinski definition) is 3. The monoisotopic (exact) mass is 287 g/mol. The SMILES string of the molecule is O=C1c2ccccc2C2Nc3nc4ccccc4cc3CN12. The third-order valence-electron chi connectivity index (χ3n) is 4.48. The van der Waals surface area contributed by atoms with Crippen molar-refractivity contribution in [2.45, 2.75) is 12.7 Å². The molecule has 1 atom stereocenters. The molecule has 0 radical (unpaired) electrons. The quantitative estimate of drug-likeness (QED) is 0.690. The van der Waals surface area contributed by atoms with E-state index < -0.39 is 0 Å². The first-order valence-electron chi connectivity index (χ1n) is 7.36. The van der Waals surface area contributed by atoms with Gasteiger partial charge in [-0.25, -0.2) is 4.98 Å². The molecule has 22 heavy (non-hydrogen) atoms. The predicted octanol–water partition coefficient (Wildman–Crippen LogP) is 3.31. The number of carbonyl (C=O) groups excluding carboxylic acids is 1. The minimum Gasteiger partial charge on any atom is -0.346 e. The number of para-hydroxylation sites is 1. The molecule has 2 aromatic carbocycles. The molecule has 2 aliphatic heterocycles. The summed E-state index contributed by atoms with van der Waals surface area (Å²) in [7, 11) is 0. The minimum absolute atomic E-state index is 0.0897. The normalized spacial score (nSPS) is 18.6. The van der Waals surface area contributed by atoms with Crippen LogP contribution in [0.25, 0.3) is 10.9 Å². The van der Waals surface area contributed by atoms with Crippen LogP contribution in [0, 0.1) is 0 Å². The molecule has 4 nitrogen and oxygen atoms in total. The number of nitrogens with one attached hydrogen (secondary N) is 1. The molecule has 1 unspecified atom stereocenters. The molecule has 3 aromatic rings. The van der Waals surface area contributed by atoms with Crippen LogP contribution in [-0.4, -0.2) is 15.8 Å². The number of amides is 1. The highest BCUT2D eigenvalue weighted by molar-refractivity contribution is 6.00. The third kappa shape index (κ3) is 1.46. The lowest BCUT2D eigenvalue weighted by Gasteiger charge is -2.32. The Bertz CT molecular complexity index is 935. The van der Waals surface area contributed by atoms with Crippen LogP contribution in [0.5, 0.6) is 0 Å². The molecule has 0 spiro atoms. The van der Waals surface area contributed by atoms with Gasteiger partial charge in [0.25, 0.3) is 5.91 Å². The maximum Gasteiger partial charge on any atom is 0.256 e. The number of pyridine rings is 1. The highest BCUT2D eigenvalue weighted by Crippen LogP contribution is 2.40. The smallest absolute Gasteiger partial charge is 0.256 e. The molecule has 5 rings (SSSR count). The summed E-state index contributed by atoms with van der Waals surface area (Å²) in [4.78, 5) is 19.2. The molecular weight excluding hydrogens is 274 g/mol. The van der Waals surface area contributed by atoms with Gasteiger partial charge in [0.1, 0.15) is 12.0 Å². The highest BCUT2D eigenvalue weighted by atomic mass is 16.2. The van der Waals surface area contributed by atoms with Gasteiger partial charge < -0.3 is 10.2 Å². The lowest BCUT2D eigenvalue weighted by molar-refractivity contribution is 0.0719. The number of carbonyl (C=O) groups is 1. The number of rotatable bonds is 0. The lowest BCUT2D eigenvalue weighted by Crippen LogP contribution is -2.36. The second kappa shape index (κ2) is 4.07.